The first-order valence-corrected chi connectivity index (χ1v) is 9.67. The second-order valence-electron chi connectivity index (χ2n) is 7.10. The van der Waals surface area contributed by atoms with E-state index in [-0.39, 0.29) is 24.2 Å². The molecule has 0 saturated heterocycles. The highest BCUT2D eigenvalue weighted by atomic mass is 16.5. The molecule has 1 aliphatic carbocycles. The van der Waals surface area contributed by atoms with Gasteiger partial charge in [0.05, 0.1) is 13.2 Å². The van der Waals surface area contributed by atoms with Crippen LogP contribution in [0.25, 0.3) is 0 Å². The third-order valence-electron chi connectivity index (χ3n) is 5.85. The summed E-state index contributed by atoms with van der Waals surface area (Å²) in [6.45, 7) is 4.07. The quantitative estimate of drug-likeness (QED) is 0.589. The number of rotatable bonds is 5. The molecule has 0 N–H and O–H groups in total. The van der Waals surface area contributed by atoms with Gasteiger partial charge in [-0.05, 0) is 31.4 Å². The molecule has 1 fully saturated rings. The molecule has 1 unspecified atom stereocenters. The molecule has 0 radical (unpaired) electrons. The Hall–Kier alpha value is -2.95. The van der Waals surface area contributed by atoms with Crippen LogP contribution in [0.5, 0.6) is 0 Å². The number of ketones is 1. The van der Waals surface area contributed by atoms with Gasteiger partial charge < -0.3 is 9.47 Å². The number of fused-ring (bicyclic) bond motifs is 1. The minimum absolute atomic E-state index is 0.0258. The van der Waals surface area contributed by atoms with E-state index in [1.54, 1.807) is 13.8 Å². The summed E-state index contributed by atoms with van der Waals surface area (Å²) in [7, 11) is 0. The molecule has 4 rings (SSSR count). The van der Waals surface area contributed by atoms with Crippen LogP contribution in [0.4, 0.5) is 0 Å². The van der Waals surface area contributed by atoms with E-state index in [1.165, 1.54) is 0 Å². The Balaban J connectivity index is 1.95. The number of hydrogen-bond donors (Lipinski definition) is 0. The average Bonchev–Trinajstić information content (AvgIpc) is 2.89. The molecule has 144 valence electrons. The highest BCUT2D eigenvalue weighted by Crippen LogP contribution is 2.70. The van der Waals surface area contributed by atoms with Crippen molar-refractivity contribution in [3.8, 4) is 0 Å². The lowest BCUT2D eigenvalue weighted by molar-refractivity contribution is -0.174. The van der Waals surface area contributed by atoms with Crippen molar-refractivity contribution >= 4 is 17.7 Å². The summed E-state index contributed by atoms with van der Waals surface area (Å²) in [6.07, 6.45) is 0.351. The number of hydrogen-bond acceptors (Lipinski definition) is 5. The molecule has 28 heavy (non-hydrogen) atoms. The van der Waals surface area contributed by atoms with Crippen molar-refractivity contribution in [3.63, 3.8) is 0 Å². The Morgan fingerprint density at radius 3 is 2.29 bits per heavy atom. The molecular weight excluding hydrogens is 354 g/mol. The van der Waals surface area contributed by atoms with Gasteiger partial charge in [-0.2, -0.15) is 0 Å². The van der Waals surface area contributed by atoms with Crippen molar-refractivity contribution in [3.05, 3.63) is 71.8 Å². The molecule has 5 nitrogen and oxygen atoms in total. The molecule has 1 heterocycles. The molecule has 5 heteroatoms. The van der Waals surface area contributed by atoms with Crippen molar-refractivity contribution in [2.45, 2.75) is 31.7 Å². The highest BCUT2D eigenvalue weighted by Gasteiger charge is 2.79. The molecule has 0 amide bonds. The first kappa shape index (κ1) is 18.4. The van der Waals surface area contributed by atoms with Gasteiger partial charge in [0.15, 0.2) is 5.41 Å². The van der Waals surface area contributed by atoms with Gasteiger partial charge in [-0.25, -0.2) is 4.99 Å². The maximum absolute atomic E-state index is 13.4. The third-order valence-corrected chi connectivity index (χ3v) is 5.85. The normalized spacial score (nSPS) is 28.1. The standard InChI is InChI=1S/C23H23NO4/c1-3-27-20-19(25)22(21(26)28-4-2)15-18(16-11-7-5-8-12-16)23(22,24-20)17-13-9-6-10-14-17/h5-14,18H,3-4,15H2,1-2H3/t18?,22-,23-/m1/s1. The maximum Gasteiger partial charge on any atom is 0.323 e. The molecule has 2 aliphatic rings. The van der Waals surface area contributed by atoms with Gasteiger partial charge in [0.25, 0.3) is 5.90 Å². The molecule has 2 aromatic rings. The Kier molecular flexibility index (Phi) is 4.53. The lowest BCUT2D eigenvalue weighted by Gasteiger charge is -2.56. The summed E-state index contributed by atoms with van der Waals surface area (Å²) in [4.78, 5) is 31.4. The van der Waals surface area contributed by atoms with Crippen LogP contribution in [0, 0.1) is 5.41 Å². The topological polar surface area (TPSA) is 65.0 Å². The SMILES string of the molecule is CCOC(=O)[C@]12CC(c3ccccc3)[C@@]1(c1ccccc1)N=C(OCC)C2=O. The number of nitrogens with zero attached hydrogens (tertiary/aromatic N) is 1. The van der Waals surface area contributed by atoms with Crippen LogP contribution in [0.15, 0.2) is 65.7 Å². The largest absolute Gasteiger partial charge is 0.476 e. The summed E-state index contributed by atoms with van der Waals surface area (Å²) in [5.74, 6) is -0.987. The molecule has 0 spiro atoms. The van der Waals surface area contributed by atoms with Crippen LogP contribution in [0.1, 0.15) is 37.3 Å². The number of ether oxygens (including phenoxy) is 2. The van der Waals surface area contributed by atoms with Crippen molar-refractivity contribution in [1.82, 2.24) is 0 Å². The number of benzene rings is 2. The summed E-state index contributed by atoms with van der Waals surface area (Å²) < 4.78 is 11.0. The minimum atomic E-state index is -1.38. The number of aliphatic imine (C=N–C) groups is 1. The minimum Gasteiger partial charge on any atom is -0.476 e. The van der Waals surface area contributed by atoms with E-state index in [9.17, 15) is 9.59 Å². The average molecular weight is 377 g/mol. The van der Waals surface area contributed by atoms with Crippen molar-refractivity contribution in [2.24, 2.45) is 10.4 Å². The predicted molar refractivity (Wildman–Crippen MR) is 105 cm³/mol. The predicted octanol–water partition coefficient (Wildman–Crippen LogP) is 3.64. The van der Waals surface area contributed by atoms with E-state index < -0.39 is 16.9 Å². The first-order valence-electron chi connectivity index (χ1n) is 9.67. The van der Waals surface area contributed by atoms with Crippen molar-refractivity contribution < 1.29 is 19.1 Å². The summed E-state index contributed by atoms with van der Waals surface area (Å²) in [5.41, 5.74) is -0.564. The monoisotopic (exact) mass is 377 g/mol. The molecule has 1 saturated carbocycles. The second kappa shape index (κ2) is 6.89. The Labute approximate surface area is 164 Å². The summed E-state index contributed by atoms with van der Waals surface area (Å²) in [6, 6.07) is 19.5. The number of carbonyl (C=O) groups is 2. The van der Waals surface area contributed by atoms with E-state index in [2.05, 4.69) is 0 Å². The van der Waals surface area contributed by atoms with Gasteiger partial charge in [-0.1, -0.05) is 60.7 Å². The fourth-order valence-corrected chi connectivity index (χ4v) is 4.68. The van der Waals surface area contributed by atoms with Crippen LogP contribution in [0.2, 0.25) is 0 Å². The molecular formula is C23H23NO4. The lowest BCUT2D eigenvalue weighted by Crippen LogP contribution is -2.64. The van der Waals surface area contributed by atoms with E-state index in [0.29, 0.717) is 13.0 Å². The molecule has 2 aromatic carbocycles. The smallest absolute Gasteiger partial charge is 0.323 e. The summed E-state index contributed by atoms with van der Waals surface area (Å²) >= 11 is 0. The van der Waals surface area contributed by atoms with Gasteiger partial charge >= 0.3 is 5.97 Å². The van der Waals surface area contributed by atoms with E-state index in [1.807, 2.05) is 60.7 Å². The van der Waals surface area contributed by atoms with Crippen molar-refractivity contribution in [1.29, 1.82) is 0 Å². The fraction of sp³-hybridized carbons (Fsp3) is 0.348. The zero-order valence-electron chi connectivity index (χ0n) is 16.1. The zero-order valence-corrected chi connectivity index (χ0v) is 16.1. The van der Waals surface area contributed by atoms with E-state index in [4.69, 9.17) is 14.5 Å². The van der Waals surface area contributed by atoms with Crippen LogP contribution < -0.4 is 0 Å². The molecule has 0 aromatic heterocycles. The molecule has 3 atom stereocenters. The van der Waals surface area contributed by atoms with Gasteiger partial charge in [-0.15, -0.1) is 0 Å². The van der Waals surface area contributed by atoms with Gasteiger partial charge in [0.1, 0.15) is 5.54 Å². The summed E-state index contributed by atoms with van der Waals surface area (Å²) in [5, 5.41) is 0. The second-order valence-corrected chi connectivity index (χ2v) is 7.10. The molecule has 1 aliphatic heterocycles. The highest BCUT2D eigenvalue weighted by molar-refractivity contribution is 6.45. The number of Topliss-reactive ketones (excluding diaryl/α,β-unsaturated/α-hetero) is 1. The Morgan fingerprint density at radius 2 is 1.68 bits per heavy atom. The maximum atomic E-state index is 13.4. The Morgan fingerprint density at radius 1 is 1.04 bits per heavy atom. The zero-order chi connectivity index (χ0) is 19.8. The van der Waals surface area contributed by atoms with E-state index in [0.717, 1.165) is 11.1 Å². The molecule has 0 bridgehead atoms. The third kappa shape index (κ3) is 2.28. The van der Waals surface area contributed by atoms with Gasteiger partial charge in [0.2, 0.25) is 5.78 Å². The van der Waals surface area contributed by atoms with Crippen molar-refractivity contribution in [2.75, 3.05) is 13.2 Å². The van der Waals surface area contributed by atoms with Crippen LogP contribution in [0.3, 0.4) is 0 Å². The number of esters is 1. The number of carbonyl (C=O) groups excluding carboxylic acids is 2. The van der Waals surface area contributed by atoms with Gasteiger partial charge in [-0.3, -0.25) is 9.59 Å². The first-order chi connectivity index (χ1) is 13.6. The van der Waals surface area contributed by atoms with Crippen LogP contribution >= 0.6 is 0 Å². The van der Waals surface area contributed by atoms with Crippen LogP contribution in [-0.4, -0.2) is 30.9 Å². The van der Waals surface area contributed by atoms with Gasteiger partial charge in [0, 0.05) is 5.92 Å². The lowest BCUT2D eigenvalue weighted by atomic mass is 9.45. The van der Waals surface area contributed by atoms with Crippen LogP contribution in [-0.2, 0) is 24.6 Å². The fourth-order valence-electron chi connectivity index (χ4n) is 4.68. The van der Waals surface area contributed by atoms with E-state index >= 15 is 0 Å². The Bertz CT molecular complexity index is 924.